The molecular weight excluding hydrogens is 192 g/mol. The Kier molecular flexibility index (Phi) is 4.08. The number of nitrogens with one attached hydrogen (secondary N) is 1. The van der Waals surface area contributed by atoms with Gasteiger partial charge in [-0.3, -0.25) is 0 Å². The van der Waals surface area contributed by atoms with Crippen LogP contribution in [0.1, 0.15) is 45.2 Å². The second-order valence-electron chi connectivity index (χ2n) is 4.75. The van der Waals surface area contributed by atoms with Gasteiger partial charge in [0.05, 0.1) is 6.04 Å². The van der Waals surface area contributed by atoms with Gasteiger partial charge in [-0.25, -0.2) is 4.98 Å². The minimum Gasteiger partial charge on any atom is -0.308 e. The molecule has 0 radical (unpaired) electrons. The first-order chi connectivity index (χ1) is 6.53. The summed E-state index contributed by atoms with van der Waals surface area (Å²) in [5.74, 6) is 0. The molecule has 0 aliphatic carbocycles. The van der Waals surface area contributed by atoms with Crippen LogP contribution in [0.4, 0.5) is 0 Å². The second-order valence-corrected chi connectivity index (χ2v) is 5.67. The molecular formula is C11H20N2S. The minimum atomic E-state index is 0.346. The van der Waals surface area contributed by atoms with Gasteiger partial charge < -0.3 is 5.32 Å². The molecule has 0 amide bonds. The third-order valence-electron chi connectivity index (χ3n) is 2.02. The van der Waals surface area contributed by atoms with Crippen molar-refractivity contribution in [3.8, 4) is 0 Å². The average molecular weight is 212 g/mol. The van der Waals surface area contributed by atoms with Gasteiger partial charge in [-0.1, -0.05) is 27.7 Å². The van der Waals surface area contributed by atoms with E-state index in [4.69, 9.17) is 0 Å². The first-order valence-corrected chi connectivity index (χ1v) is 6.03. The molecule has 0 aromatic carbocycles. The van der Waals surface area contributed by atoms with E-state index in [0.29, 0.717) is 11.5 Å². The molecule has 2 nitrogen and oxygen atoms in total. The van der Waals surface area contributed by atoms with Gasteiger partial charge in [0.25, 0.3) is 0 Å². The lowest BCUT2D eigenvalue weighted by atomic mass is 9.88. The maximum Gasteiger partial charge on any atom is 0.109 e. The molecule has 14 heavy (non-hydrogen) atoms. The van der Waals surface area contributed by atoms with Gasteiger partial charge in [0, 0.05) is 11.6 Å². The molecule has 1 heterocycles. The second kappa shape index (κ2) is 4.89. The van der Waals surface area contributed by atoms with Crippen LogP contribution < -0.4 is 5.32 Å². The average Bonchev–Trinajstić information content (AvgIpc) is 2.52. The minimum absolute atomic E-state index is 0.346. The Morgan fingerprint density at radius 3 is 2.64 bits per heavy atom. The Bertz CT molecular complexity index is 249. The molecule has 1 unspecified atom stereocenters. The summed E-state index contributed by atoms with van der Waals surface area (Å²) in [5, 5.41) is 6.74. The maximum atomic E-state index is 4.38. The summed E-state index contributed by atoms with van der Waals surface area (Å²) in [6, 6.07) is 0.417. The fourth-order valence-corrected chi connectivity index (χ4v) is 2.23. The summed E-state index contributed by atoms with van der Waals surface area (Å²) in [6.07, 6.45) is 3.02. The Morgan fingerprint density at radius 1 is 1.50 bits per heavy atom. The Balaban J connectivity index is 2.65. The molecule has 0 bridgehead atoms. The van der Waals surface area contributed by atoms with Gasteiger partial charge in [0.2, 0.25) is 0 Å². The highest BCUT2D eigenvalue weighted by Gasteiger charge is 2.20. The monoisotopic (exact) mass is 212 g/mol. The van der Waals surface area contributed by atoms with Crippen LogP contribution in [0.3, 0.4) is 0 Å². The van der Waals surface area contributed by atoms with Crippen molar-refractivity contribution in [3.63, 3.8) is 0 Å². The third-order valence-corrected chi connectivity index (χ3v) is 2.91. The van der Waals surface area contributed by atoms with Crippen LogP contribution in [-0.4, -0.2) is 11.5 Å². The van der Waals surface area contributed by atoms with Crippen molar-refractivity contribution >= 4 is 11.3 Å². The Hall–Kier alpha value is -0.410. The normalized spacial score (nSPS) is 14.3. The van der Waals surface area contributed by atoms with Crippen molar-refractivity contribution in [2.75, 3.05) is 6.54 Å². The van der Waals surface area contributed by atoms with Gasteiger partial charge >= 0.3 is 0 Å². The summed E-state index contributed by atoms with van der Waals surface area (Å²) in [5.41, 5.74) is 0.346. The highest BCUT2D eigenvalue weighted by atomic mass is 32.1. The SMILES string of the molecule is CCNC(CC(C)(C)C)c1nccs1. The topological polar surface area (TPSA) is 24.9 Å². The molecule has 1 N–H and O–H groups in total. The zero-order chi connectivity index (χ0) is 10.6. The lowest BCUT2D eigenvalue weighted by Gasteiger charge is -2.25. The van der Waals surface area contributed by atoms with Gasteiger partial charge in [-0.15, -0.1) is 11.3 Å². The van der Waals surface area contributed by atoms with E-state index in [9.17, 15) is 0 Å². The van der Waals surface area contributed by atoms with E-state index in [1.165, 1.54) is 5.01 Å². The summed E-state index contributed by atoms with van der Waals surface area (Å²) in [4.78, 5) is 4.38. The van der Waals surface area contributed by atoms with Crippen LogP contribution in [0, 0.1) is 5.41 Å². The molecule has 0 aliphatic heterocycles. The van der Waals surface area contributed by atoms with Gasteiger partial charge in [-0.05, 0) is 18.4 Å². The standard InChI is InChI=1S/C11H20N2S/c1-5-12-9(8-11(2,3)4)10-13-6-7-14-10/h6-7,9,12H,5,8H2,1-4H3. The number of rotatable bonds is 4. The highest BCUT2D eigenvalue weighted by Crippen LogP contribution is 2.30. The molecule has 3 heteroatoms. The van der Waals surface area contributed by atoms with Crippen LogP contribution >= 0.6 is 11.3 Å². The fourth-order valence-electron chi connectivity index (χ4n) is 1.51. The number of aromatic nitrogens is 1. The van der Waals surface area contributed by atoms with Crippen molar-refractivity contribution in [2.24, 2.45) is 5.41 Å². The largest absolute Gasteiger partial charge is 0.308 e. The van der Waals surface area contributed by atoms with Crippen molar-refractivity contribution < 1.29 is 0 Å². The van der Waals surface area contributed by atoms with E-state index in [0.717, 1.165) is 13.0 Å². The van der Waals surface area contributed by atoms with Crippen molar-refractivity contribution in [1.29, 1.82) is 0 Å². The van der Waals surface area contributed by atoms with E-state index >= 15 is 0 Å². The predicted molar refractivity (Wildman–Crippen MR) is 62.6 cm³/mol. The number of thiazole rings is 1. The molecule has 0 saturated heterocycles. The van der Waals surface area contributed by atoms with Crippen LogP contribution in [0.15, 0.2) is 11.6 Å². The van der Waals surface area contributed by atoms with E-state index in [1.807, 2.05) is 11.6 Å². The van der Waals surface area contributed by atoms with Crippen LogP contribution in [0.25, 0.3) is 0 Å². The molecule has 80 valence electrons. The Labute approximate surface area is 90.8 Å². The van der Waals surface area contributed by atoms with Crippen molar-refractivity contribution in [2.45, 2.75) is 40.2 Å². The van der Waals surface area contributed by atoms with Gasteiger partial charge in [0.15, 0.2) is 0 Å². The first-order valence-electron chi connectivity index (χ1n) is 5.15. The molecule has 0 aliphatic rings. The first kappa shape index (κ1) is 11.7. The summed E-state index contributed by atoms with van der Waals surface area (Å²) in [6.45, 7) is 9.95. The quantitative estimate of drug-likeness (QED) is 0.829. The molecule has 1 atom stereocenters. The molecule has 0 spiro atoms. The van der Waals surface area contributed by atoms with Gasteiger partial charge in [0.1, 0.15) is 5.01 Å². The molecule has 1 aromatic rings. The lowest BCUT2D eigenvalue weighted by molar-refractivity contribution is 0.314. The summed E-state index contributed by atoms with van der Waals surface area (Å²) >= 11 is 1.74. The van der Waals surface area contributed by atoms with E-state index in [-0.39, 0.29) is 0 Å². The zero-order valence-electron chi connectivity index (χ0n) is 9.50. The van der Waals surface area contributed by atoms with Crippen molar-refractivity contribution in [1.82, 2.24) is 10.3 Å². The third kappa shape index (κ3) is 3.76. The predicted octanol–water partition coefficient (Wildman–Crippen LogP) is 3.23. The molecule has 0 saturated carbocycles. The van der Waals surface area contributed by atoms with E-state index in [2.05, 4.69) is 38.0 Å². The van der Waals surface area contributed by atoms with E-state index < -0.39 is 0 Å². The number of hydrogen-bond acceptors (Lipinski definition) is 3. The number of hydrogen-bond donors (Lipinski definition) is 1. The number of nitrogens with zero attached hydrogens (tertiary/aromatic N) is 1. The van der Waals surface area contributed by atoms with Gasteiger partial charge in [-0.2, -0.15) is 0 Å². The molecule has 1 rings (SSSR count). The van der Waals surface area contributed by atoms with Crippen LogP contribution in [0.5, 0.6) is 0 Å². The Morgan fingerprint density at radius 2 is 2.21 bits per heavy atom. The lowest BCUT2D eigenvalue weighted by Crippen LogP contribution is -2.25. The fraction of sp³-hybridized carbons (Fsp3) is 0.727. The molecule has 1 aromatic heterocycles. The van der Waals surface area contributed by atoms with E-state index in [1.54, 1.807) is 11.3 Å². The maximum absolute atomic E-state index is 4.38. The van der Waals surface area contributed by atoms with Crippen LogP contribution in [-0.2, 0) is 0 Å². The van der Waals surface area contributed by atoms with Crippen LogP contribution in [0.2, 0.25) is 0 Å². The molecule has 0 fully saturated rings. The summed E-state index contributed by atoms with van der Waals surface area (Å²) < 4.78 is 0. The highest BCUT2D eigenvalue weighted by molar-refractivity contribution is 7.09. The smallest absolute Gasteiger partial charge is 0.109 e. The van der Waals surface area contributed by atoms with Crippen molar-refractivity contribution in [3.05, 3.63) is 16.6 Å². The zero-order valence-corrected chi connectivity index (χ0v) is 10.3. The summed E-state index contributed by atoms with van der Waals surface area (Å²) in [7, 11) is 0.